The van der Waals surface area contributed by atoms with E-state index in [0.717, 1.165) is 12.0 Å². The topological polar surface area (TPSA) is 67.4 Å². The summed E-state index contributed by atoms with van der Waals surface area (Å²) < 4.78 is 4.90. The van der Waals surface area contributed by atoms with Crippen molar-refractivity contribution >= 4 is 12.0 Å². The molecule has 21 heavy (non-hydrogen) atoms. The molecule has 0 unspecified atom stereocenters. The van der Waals surface area contributed by atoms with Gasteiger partial charge in [-0.25, -0.2) is 4.79 Å². The van der Waals surface area contributed by atoms with Gasteiger partial charge in [-0.05, 0) is 25.8 Å². The maximum Gasteiger partial charge on any atom is 0.407 e. The van der Waals surface area contributed by atoms with Gasteiger partial charge in [0.2, 0.25) is 5.91 Å². The highest BCUT2D eigenvalue weighted by atomic mass is 16.5. The van der Waals surface area contributed by atoms with Crippen LogP contribution in [0.15, 0.2) is 30.3 Å². The van der Waals surface area contributed by atoms with E-state index in [1.165, 1.54) is 0 Å². The van der Waals surface area contributed by atoms with Crippen molar-refractivity contribution in [2.45, 2.75) is 45.7 Å². The molecular formula is C16H24N2O3. The molecule has 0 radical (unpaired) electrons. The van der Waals surface area contributed by atoms with Gasteiger partial charge >= 0.3 is 6.09 Å². The minimum Gasteiger partial charge on any atom is -0.450 e. The Bertz CT molecular complexity index is 448. The van der Waals surface area contributed by atoms with Gasteiger partial charge in [0, 0.05) is 6.04 Å². The summed E-state index contributed by atoms with van der Waals surface area (Å²) >= 11 is 0. The second-order valence-electron chi connectivity index (χ2n) is 4.91. The second kappa shape index (κ2) is 9.00. The summed E-state index contributed by atoms with van der Waals surface area (Å²) in [5.41, 5.74) is 0.879. The molecule has 0 spiro atoms. The Hall–Kier alpha value is -2.04. The van der Waals surface area contributed by atoms with Gasteiger partial charge in [0.05, 0.1) is 19.1 Å². The molecule has 0 fully saturated rings. The maximum absolute atomic E-state index is 12.0. The lowest BCUT2D eigenvalue weighted by molar-refractivity contribution is -0.122. The molecule has 0 aliphatic heterocycles. The minimum absolute atomic E-state index is 0.0880. The van der Waals surface area contributed by atoms with Crippen LogP contribution in [0.25, 0.3) is 0 Å². The molecule has 1 aromatic carbocycles. The molecule has 5 heteroatoms. The standard InChI is InChI=1S/C16H24N2O3/c1-4-12(3)17-15(19)11-14(18-16(20)21-5-2)13-9-7-6-8-10-13/h6-10,12,14H,4-5,11H2,1-3H3,(H,17,19)(H,18,20)/t12-,14-/m0/s1. The van der Waals surface area contributed by atoms with E-state index in [0.29, 0.717) is 6.61 Å². The molecule has 5 nitrogen and oxygen atoms in total. The lowest BCUT2D eigenvalue weighted by Crippen LogP contribution is -2.37. The van der Waals surface area contributed by atoms with E-state index in [4.69, 9.17) is 4.74 Å². The van der Waals surface area contributed by atoms with E-state index < -0.39 is 12.1 Å². The van der Waals surface area contributed by atoms with Crippen molar-refractivity contribution in [1.82, 2.24) is 10.6 Å². The van der Waals surface area contributed by atoms with Crippen molar-refractivity contribution in [3.05, 3.63) is 35.9 Å². The molecule has 2 N–H and O–H groups in total. The smallest absolute Gasteiger partial charge is 0.407 e. The summed E-state index contributed by atoms with van der Waals surface area (Å²) in [5.74, 6) is -0.0880. The van der Waals surface area contributed by atoms with Crippen LogP contribution in [-0.4, -0.2) is 24.6 Å². The number of alkyl carbamates (subject to hydrolysis) is 1. The first-order valence-corrected chi connectivity index (χ1v) is 7.34. The van der Waals surface area contributed by atoms with Crippen LogP contribution in [-0.2, 0) is 9.53 Å². The number of rotatable bonds is 7. The van der Waals surface area contributed by atoms with Crippen molar-refractivity contribution in [3.8, 4) is 0 Å². The Morgan fingerprint density at radius 3 is 2.38 bits per heavy atom. The normalized spacial score (nSPS) is 13.1. The minimum atomic E-state index is -0.511. The lowest BCUT2D eigenvalue weighted by Gasteiger charge is -2.20. The Balaban J connectivity index is 2.73. The molecule has 0 saturated heterocycles. The number of hydrogen-bond acceptors (Lipinski definition) is 3. The molecule has 0 aromatic heterocycles. The summed E-state index contributed by atoms with van der Waals surface area (Å²) in [4.78, 5) is 23.7. The van der Waals surface area contributed by atoms with Crippen LogP contribution < -0.4 is 10.6 Å². The summed E-state index contributed by atoms with van der Waals surface area (Å²) in [6, 6.07) is 9.14. The van der Waals surface area contributed by atoms with Gasteiger partial charge in [-0.15, -0.1) is 0 Å². The van der Waals surface area contributed by atoms with Crippen molar-refractivity contribution in [1.29, 1.82) is 0 Å². The first-order valence-electron chi connectivity index (χ1n) is 7.34. The third-order valence-corrected chi connectivity index (χ3v) is 3.18. The van der Waals surface area contributed by atoms with Gasteiger partial charge in [0.15, 0.2) is 0 Å². The van der Waals surface area contributed by atoms with Crippen LogP contribution >= 0.6 is 0 Å². The van der Waals surface area contributed by atoms with Crippen LogP contribution in [0.3, 0.4) is 0 Å². The quantitative estimate of drug-likeness (QED) is 0.812. The number of carbonyl (C=O) groups excluding carboxylic acids is 2. The lowest BCUT2D eigenvalue weighted by atomic mass is 10.0. The largest absolute Gasteiger partial charge is 0.450 e. The second-order valence-corrected chi connectivity index (χ2v) is 4.91. The zero-order chi connectivity index (χ0) is 15.7. The number of amides is 2. The average Bonchev–Trinajstić information content (AvgIpc) is 2.47. The fourth-order valence-electron chi connectivity index (χ4n) is 1.87. The summed E-state index contributed by atoms with van der Waals surface area (Å²) in [6.07, 6.45) is 0.544. The van der Waals surface area contributed by atoms with Crippen molar-refractivity contribution in [2.75, 3.05) is 6.61 Å². The first-order chi connectivity index (χ1) is 10.1. The number of benzene rings is 1. The van der Waals surface area contributed by atoms with Crippen molar-refractivity contribution in [3.63, 3.8) is 0 Å². The molecule has 0 bridgehead atoms. The molecule has 0 aliphatic rings. The number of nitrogens with one attached hydrogen (secondary N) is 2. The van der Waals surface area contributed by atoms with Gasteiger partial charge in [0.25, 0.3) is 0 Å². The van der Waals surface area contributed by atoms with Crippen LogP contribution in [0.2, 0.25) is 0 Å². The fraction of sp³-hybridized carbons (Fsp3) is 0.500. The van der Waals surface area contributed by atoms with Crippen molar-refractivity contribution < 1.29 is 14.3 Å². The number of carbonyl (C=O) groups is 2. The maximum atomic E-state index is 12.0. The Labute approximate surface area is 126 Å². The van der Waals surface area contributed by atoms with Gasteiger partial charge < -0.3 is 15.4 Å². The summed E-state index contributed by atoms with van der Waals surface area (Å²) in [6.45, 7) is 6.00. The first kappa shape index (κ1) is 17.0. The molecule has 0 heterocycles. The van der Waals surface area contributed by atoms with Crippen LogP contribution in [0.4, 0.5) is 4.79 Å². The van der Waals surface area contributed by atoms with E-state index in [2.05, 4.69) is 10.6 Å². The van der Waals surface area contributed by atoms with E-state index in [1.807, 2.05) is 44.2 Å². The Morgan fingerprint density at radius 2 is 1.81 bits per heavy atom. The van der Waals surface area contributed by atoms with Gasteiger partial charge in [-0.3, -0.25) is 4.79 Å². The Morgan fingerprint density at radius 1 is 1.14 bits per heavy atom. The summed E-state index contributed by atoms with van der Waals surface area (Å²) in [7, 11) is 0. The third kappa shape index (κ3) is 6.29. The van der Waals surface area contributed by atoms with Crippen molar-refractivity contribution in [2.24, 2.45) is 0 Å². The van der Waals surface area contributed by atoms with Gasteiger partial charge in [-0.1, -0.05) is 37.3 Å². The SMILES string of the molecule is CCOC(=O)N[C@@H](CC(=O)N[C@@H](C)CC)c1ccccc1. The molecule has 0 aliphatic carbocycles. The van der Waals surface area contributed by atoms with E-state index in [-0.39, 0.29) is 18.4 Å². The molecule has 1 aromatic rings. The molecule has 1 rings (SSSR count). The Kier molecular flexibility index (Phi) is 7.29. The molecule has 2 amide bonds. The van der Waals surface area contributed by atoms with Crippen LogP contribution in [0, 0.1) is 0 Å². The number of ether oxygens (including phenoxy) is 1. The zero-order valence-electron chi connectivity index (χ0n) is 12.9. The fourth-order valence-corrected chi connectivity index (χ4v) is 1.87. The van der Waals surface area contributed by atoms with Crippen LogP contribution in [0.5, 0.6) is 0 Å². The highest BCUT2D eigenvalue weighted by Gasteiger charge is 2.19. The van der Waals surface area contributed by atoms with E-state index in [1.54, 1.807) is 6.92 Å². The summed E-state index contributed by atoms with van der Waals surface area (Å²) in [5, 5.41) is 5.64. The zero-order valence-corrected chi connectivity index (χ0v) is 12.9. The number of hydrogen-bond donors (Lipinski definition) is 2. The molecule has 116 valence electrons. The highest BCUT2D eigenvalue weighted by Crippen LogP contribution is 2.16. The molecular weight excluding hydrogens is 268 g/mol. The monoisotopic (exact) mass is 292 g/mol. The average molecular weight is 292 g/mol. The van der Waals surface area contributed by atoms with E-state index in [9.17, 15) is 9.59 Å². The highest BCUT2D eigenvalue weighted by molar-refractivity contribution is 5.78. The molecule has 0 saturated carbocycles. The molecule has 2 atom stereocenters. The predicted molar refractivity (Wildman–Crippen MR) is 81.9 cm³/mol. The van der Waals surface area contributed by atoms with Crippen LogP contribution in [0.1, 0.15) is 45.2 Å². The van der Waals surface area contributed by atoms with Gasteiger partial charge in [-0.2, -0.15) is 0 Å². The third-order valence-electron chi connectivity index (χ3n) is 3.18. The van der Waals surface area contributed by atoms with E-state index >= 15 is 0 Å². The van der Waals surface area contributed by atoms with Gasteiger partial charge in [0.1, 0.15) is 0 Å². The predicted octanol–water partition coefficient (Wildman–Crippen LogP) is 2.78.